The third-order valence-corrected chi connectivity index (χ3v) is 3.76. The molecular formula is C14H14N2O4. The molecule has 6 heteroatoms. The number of hydrogen-bond donors (Lipinski definition) is 2. The lowest BCUT2D eigenvalue weighted by Crippen LogP contribution is -2.53. The molecule has 3 amide bonds. The van der Waals surface area contributed by atoms with Crippen LogP contribution in [-0.4, -0.2) is 33.8 Å². The van der Waals surface area contributed by atoms with Gasteiger partial charge in [-0.3, -0.25) is 24.6 Å². The molecule has 2 unspecified atom stereocenters. The van der Waals surface area contributed by atoms with Gasteiger partial charge in [0.25, 0.3) is 5.91 Å². The maximum atomic E-state index is 12.4. The number of carbonyl (C=O) groups excluding carboxylic acids is 3. The van der Waals surface area contributed by atoms with E-state index in [0.717, 1.165) is 10.5 Å². The van der Waals surface area contributed by atoms with Gasteiger partial charge >= 0.3 is 0 Å². The second kappa shape index (κ2) is 4.42. The van der Waals surface area contributed by atoms with Crippen molar-refractivity contribution in [2.24, 2.45) is 0 Å². The smallest absolute Gasteiger partial charge is 0.257 e. The SMILES string of the molecule is Cc1ccc2c(c1)C(=O)N(C1CCC(=O)NC1=O)C2O. The number of fused-ring (bicyclic) bond motifs is 1. The fourth-order valence-electron chi connectivity index (χ4n) is 2.74. The normalized spacial score (nSPS) is 25.7. The number of nitrogens with zero attached hydrogens (tertiary/aromatic N) is 1. The van der Waals surface area contributed by atoms with Crippen molar-refractivity contribution in [3.8, 4) is 0 Å². The first-order chi connectivity index (χ1) is 9.49. The molecule has 2 heterocycles. The molecule has 3 rings (SSSR count). The molecule has 0 aromatic heterocycles. The molecule has 2 N–H and O–H groups in total. The van der Waals surface area contributed by atoms with Gasteiger partial charge in [-0.25, -0.2) is 0 Å². The highest BCUT2D eigenvalue weighted by atomic mass is 16.3. The Kier molecular flexibility index (Phi) is 2.83. The van der Waals surface area contributed by atoms with Crippen LogP contribution in [0.5, 0.6) is 0 Å². The van der Waals surface area contributed by atoms with E-state index >= 15 is 0 Å². The molecule has 2 aliphatic heterocycles. The monoisotopic (exact) mass is 274 g/mol. The van der Waals surface area contributed by atoms with Crippen LogP contribution in [0.4, 0.5) is 0 Å². The van der Waals surface area contributed by atoms with E-state index in [1.165, 1.54) is 0 Å². The average molecular weight is 274 g/mol. The van der Waals surface area contributed by atoms with Crippen LogP contribution in [0.1, 0.15) is 40.6 Å². The third-order valence-electron chi connectivity index (χ3n) is 3.76. The number of hydrogen-bond acceptors (Lipinski definition) is 4. The van der Waals surface area contributed by atoms with Gasteiger partial charge in [0.05, 0.1) is 0 Å². The zero-order chi connectivity index (χ0) is 14.4. The Labute approximate surface area is 115 Å². The first-order valence-electron chi connectivity index (χ1n) is 6.44. The lowest BCUT2D eigenvalue weighted by atomic mass is 10.0. The molecule has 2 aliphatic rings. The molecule has 6 nitrogen and oxygen atoms in total. The van der Waals surface area contributed by atoms with E-state index in [4.69, 9.17) is 0 Å². The lowest BCUT2D eigenvalue weighted by molar-refractivity contribution is -0.139. The van der Waals surface area contributed by atoms with Crippen molar-refractivity contribution in [2.75, 3.05) is 0 Å². The summed E-state index contributed by atoms with van der Waals surface area (Å²) in [6.07, 6.45) is -0.732. The minimum atomic E-state index is -1.14. The van der Waals surface area contributed by atoms with Crippen molar-refractivity contribution in [3.63, 3.8) is 0 Å². The molecular weight excluding hydrogens is 260 g/mol. The maximum Gasteiger partial charge on any atom is 0.257 e. The van der Waals surface area contributed by atoms with E-state index in [2.05, 4.69) is 5.32 Å². The molecule has 0 bridgehead atoms. The standard InChI is InChI=1S/C14H14N2O4/c1-7-2-3-8-9(6-7)14(20)16(13(8)19)10-4-5-11(17)15-12(10)18/h2-3,6,10,13,19H,4-5H2,1H3,(H,15,17,18). The fraction of sp³-hybridized carbons (Fsp3) is 0.357. The lowest BCUT2D eigenvalue weighted by Gasteiger charge is -2.31. The summed E-state index contributed by atoms with van der Waals surface area (Å²) in [5.74, 6) is -1.25. The predicted octanol–water partition coefficient (Wildman–Crippen LogP) is 0.247. The summed E-state index contributed by atoms with van der Waals surface area (Å²) in [6.45, 7) is 1.86. The molecule has 1 fully saturated rings. The van der Waals surface area contributed by atoms with Gasteiger partial charge in [0, 0.05) is 17.5 Å². The summed E-state index contributed by atoms with van der Waals surface area (Å²) in [7, 11) is 0. The van der Waals surface area contributed by atoms with Crippen LogP contribution in [0.15, 0.2) is 18.2 Å². The number of carbonyl (C=O) groups is 3. The molecule has 0 spiro atoms. The molecule has 1 aromatic carbocycles. The number of aliphatic hydroxyl groups excluding tert-OH is 1. The van der Waals surface area contributed by atoms with Crippen LogP contribution in [0.25, 0.3) is 0 Å². The minimum Gasteiger partial charge on any atom is -0.369 e. The fourth-order valence-corrected chi connectivity index (χ4v) is 2.74. The maximum absolute atomic E-state index is 12.4. The van der Waals surface area contributed by atoms with E-state index in [-0.39, 0.29) is 24.7 Å². The van der Waals surface area contributed by atoms with Crippen LogP contribution < -0.4 is 5.32 Å². The third kappa shape index (κ3) is 1.80. The quantitative estimate of drug-likeness (QED) is 0.719. The van der Waals surface area contributed by atoms with E-state index < -0.39 is 18.2 Å². The Morgan fingerprint density at radius 2 is 2.05 bits per heavy atom. The highest BCUT2D eigenvalue weighted by Crippen LogP contribution is 2.35. The summed E-state index contributed by atoms with van der Waals surface area (Å²) in [5, 5.41) is 12.5. The van der Waals surface area contributed by atoms with Crippen molar-refractivity contribution in [2.45, 2.75) is 32.0 Å². The van der Waals surface area contributed by atoms with Crippen LogP contribution >= 0.6 is 0 Å². The molecule has 0 saturated carbocycles. The van der Waals surface area contributed by atoms with Crippen LogP contribution in [-0.2, 0) is 9.59 Å². The van der Waals surface area contributed by atoms with Crippen molar-refractivity contribution < 1.29 is 19.5 Å². The van der Waals surface area contributed by atoms with Gasteiger partial charge in [0.15, 0.2) is 6.23 Å². The van der Waals surface area contributed by atoms with Crippen molar-refractivity contribution in [1.82, 2.24) is 10.2 Å². The topological polar surface area (TPSA) is 86.7 Å². The van der Waals surface area contributed by atoms with Gasteiger partial charge in [-0.2, -0.15) is 0 Å². The zero-order valence-electron chi connectivity index (χ0n) is 10.9. The number of nitrogens with one attached hydrogen (secondary N) is 1. The Morgan fingerprint density at radius 1 is 1.30 bits per heavy atom. The first-order valence-corrected chi connectivity index (χ1v) is 6.44. The highest BCUT2D eigenvalue weighted by Gasteiger charge is 2.44. The molecule has 0 radical (unpaired) electrons. The van der Waals surface area contributed by atoms with Gasteiger partial charge in [-0.15, -0.1) is 0 Å². The van der Waals surface area contributed by atoms with Crippen LogP contribution in [0.2, 0.25) is 0 Å². The van der Waals surface area contributed by atoms with Gasteiger partial charge in [0.2, 0.25) is 11.8 Å². The molecule has 1 saturated heterocycles. The Bertz CT molecular complexity index is 626. The molecule has 20 heavy (non-hydrogen) atoms. The zero-order valence-corrected chi connectivity index (χ0v) is 10.9. The predicted molar refractivity (Wildman–Crippen MR) is 68.5 cm³/mol. The van der Waals surface area contributed by atoms with E-state index in [0.29, 0.717) is 11.1 Å². The molecule has 0 aliphatic carbocycles. The number of piperidine rings is 1. The summed E-state index contributed by atoms with van der Waals surface area (Å²) >= 11 is 0. The van der Waals surface area contributed by atoms with Gasteiger partial charge in [0.1, 0.15) is 6.04 Å². The number of benzene rings is 1. The highest BCUT2D eigenvalue weighted by molar-refractivity contribution is 6.05. The second-order valence-corrected chi connectivity index (χ2v) is 5.14. The number of aliphatic hydroxyl groups is 1. The Balaban J connectivity index is 1.95. The van der Waals surface area contributed by atoms with Crippen LogP contribution in [0.3, 0.4) is 0 Å². The van der Waals surface area contributed by atoms with Gasteiger partial charge in [-0.05, 0) is 19.4 Å². The van der Waals surface area contributed by atoms with E-state index in [9.17, 15) is 19.5 Å². The second-order valence-electron chi connectivity index (χ2n) is 5.14. The summed E-state index contributed by atoms with van der Waals surface area (Å²) in [6, 6.07) is 4.40. The van der Waals surface area contributed by atoms with E-state index in [1.54, 1.807) is 12.1 Å². The summed E-state index contributed by atoms with van der Waals surface area (Å²) < 4.78 is 0. The largest absolute Gasteiger partial charge is 0.369 e. The van der Waals surface area contributed by atoms with Crippen molar-refractivity contribution in [1.29, 1.82) is 0 Å². The Morgan fingerprint density at radius 3 is 2.75 bits per heavy atom. The number of rotatable bonds is 1. The summed E-state index contributed by atoms with van der Waals surface area (Å²) in [4.78, 5) is 36.6. The molecule has 2 atom stereocenters. The summed E-state index contributed by atoms with van der Waals surface area (Å²) in [5.41, 5.74) is 1.84. The molecule has 104 valence electrons. The van der Waals surface area contributed by atoms with Crippen molar-refractivity contribution >= 4 is 17.7 Å². The Hall–Kier alpha value is -2.21. The van der Waals surface area contributed by atoms with Gasteiger partial charge in [-0.1, -0.05) is 17.7 Å². The average Bonchev–Trinajstić information content (AvgIpc) is 2.63. The first kappa shape index (κ1) is 12.8. The number of amides is 3. The number of aryl methyl sites for hydroxylation is 1. The van der Waals surface area contributed by atoms with Crippen molar-refractivity contribution in [3.05, 3.63) is 34.9 Å². The van der Waals surface area contributed by atoms with Gasteiger partial charge < -0.3 is 5.11 Å². The number of imide groups is 1. The van der Waals surface area contributed by atoms with E-state index in [1.807, 2.05) is 13.0 Å². The minimum absolute atomic E-state index is 0.169. The molecule has 1 aromatic rings. The van der Waals surface area contributed by atoms with Crippen LogP contribution in [0, 0.1) is 6.92 Å².